The Balaban J connectivity index is 1.20. The number of aliphatic hydroxyl groups excluding tert-OH is 6. The molecule has 6 fully saturated rings. The highest BCUT2D eigenvalue weighted by Gasteiger charge is 2.59. The molecule has 6 aliphatic rings. The van der Waals surface area contributed by atoms with E-state index in [2.05, 4.69) is 0 Å². The van der Waals surface area contributed by atoms with Gasteiger partial charge in [-0.3, -0.25) is 0 Å². The van der Waals surface area contributed by atoms with Gasteiger partial charge in [-0.2, -0.15) is 0 Å². The minimum atomic E-state index is -1.64. The number of hydrogen-bond donors (Lipinski definition) is 6. The van der Waals surface area contributed by atoms with Crippen LogP contribution >= 0.6 is 0 Å². The average molecular weight is 701 g/mol. The van der Waals surface area contributed by atoms with Gasteiger partial charge in [0.1, 0.15) is 37.1 Å². The van der Waals surface area contributed by atoms with Crippen LogP contribution in [0.1, 0.15) is 64.7 Å². The Hall–Kier alpha value is -1.27. The Morgan fingerprint density at radius 1 is 0.755 bits per heavy atom. The molecule has 0 aromatic heterocycles. The lowest BCUT2D eigenvalue weighted by molar-refractivity contribution is -0.351. The highest BCUT2D eigenvalue weighted by molar-refractivity contribution is 5.81. The molecule has 3 heterocycles. The Kier molecular flexibility index (Phi) is 12.4. The summed E-state index contributed by atoms with van der Waals surface area (Å²) >= 11 is 0. The number of rotatable bonds is 9. The minimum Gasteiger partial charge on any atom is -0.460 e. The molecule has 0 amide bonds. The summed E-state index contributed by atoms with van der Waals surface area (Å²) in [6, 6.07) is 0. The van der Waals surface area contributed by atoms with Crippen LogP contribution in [0.5, 0.6) is 0 Å². The average Bonchev–Trinajstić information content (AvgIpc) is 3.08. The Bertz CT molecular complexity index is 1100. The van der Waals surface area contributed by atoms with Crippen molar-refractivity contribution in [2.45, 2.75) is 156 Å². The monoisotopic (exact) mass is 700 g/mol. The van der Waals surface area contributed by atoms with Gasteiger partial charge in [-0.15, -0.1) is 0 Å². The van der Waals surface area contributed by atoms with Crippen molar-refractivity contribution in [1.82, 2.24) is 0 Å². The molecule has 0 aromatic rings. The fourth-order valence-corrected chi connectivity index (χ4v) is 9.35. The lowest BCUT2D eigenvalue weighted by atomic mass is 9.64. The predicted octanol–water partition coefficient (Wildman–Crippen LogP) is -0.0375. The number of esters is 1. The maximum atomic E-state index is 12.6. The minimum absolute atomic E-state index is 0.0984. The number of aliphatic hydroxyl groups is 6. The zero-order valence-corrected chi connectivity index (χ0v) is 28.6. The van der Waals surface area contributed by atoms with Crippen molar-refractivity contribution in [3.8, 4) is 0 Å². The van der Waals surface area contributed by atoms with Crippen LogP contribution in [0.3, 0.4) is 0 Å². The summed E-state index contributed by atoms with van der Waals surface area (Å²) < 4.78 is 42.6. The number of methoxy groups -OCH3 is 2. The van der Waals surface area contributed by atoms with Gasteiger partial charge in [-0.1, -0.05) is 6.08 Å². The first-order valence-electron chi connectivity index (χ1n) is 18.1. The standard InChI is InChI=1S/C35H56O14/c1-16-10-21-28-22(46-16)13-20(37)14-23(28)47-33(18-11-24(43-2)29(39)25(12-18)44-3)34(21)49-35-32(42)31(41)30(40)26(48-35)15-45-27(38)9-6-17-4-7-19(36)8-5-17/h6,9,16-26,28-37,39-42H,4-5,7-8,10-15H2,1-3H3/t16?,17?,18?,19?,20?,21?,22?,23?,24?,25?,26-,28?,29?,30-,31+,32-,33?,34?,35+/m1/s1. The van der Waals surface area contributed by atoms with E-state index in [1.165, 1.54) is 6.08 Å². The first-order chi connectivity index (χ1) is 23.5. The van der Waals surface area contributed by atoms with Gasteiger partial charge >= 0.3 is 5.97 Å². The second-order valence-electron chi connectivity index (χ2n) is 15.2. The molecule has 0 bridgehead atoms. The molecule has 0 aromatic carbocycles. The van der Waals surface area contributed by atoms with E-state index in [1.807, 2.05) is 6.92 Å². The number of carbonyl (C=O) groups is 1. The summed E-state index contributed by atoms with van der Waals surface area (Å²) in [5.41, 5.74) is 0. The second kappa shape index (κ2) is 16.2. The van der Waals surface area contributed by atoms with Gasteiger partial charge in [-0.05, 0) is 82.5 Å². The third-order valence-electron chi connectivity index (χ3n) is 11.9. The largest absolute Gasteiger partial charge is 0.460 e. The summed E-state index contributed by atoms with van der Waals surface area (Å²) in [6.45, 7) is 1.60. The Morgan fingerprint density at radius 2 is 1.41 bits per heavy atom. The molecule has 280 valence electrons. The quantitative estimate of drug-likeness (QED) is 0.138. The van der Waals surface area contributed by atoms with Crippen LogP contribution in [0.2, 0.25) is 0 Å². The Labute approximate surface area is 287 Å². The number of allylic oxidation sites excluding steroid dienone is 1. The van der Waals surface area contributed by atoms with Gasteiger partial charge in [0.25, 0.3) is 0 Å². The van der Waals surface area contributed by atoms with Gasteiger partial charge in [0.05, 0.1) is 54.9 Å². The van der Waals surface area contributed by atoms with Crippen LogP contribution in [0.25, 0.3) is 0 Å². The van der Waals surface area contributed by atoms with Crippen LogP contribution < -0.4 is 0 Å². The molecule has 49 heavy (non-hydrogen) atoms. The maximum Gasteiger partial charge on any atom is 0.330 e. The van der Waals surface area contributed by atoms with E-state index in [0.29, 0.717) is 44.9 Å². The summed E-state index contributed by atoms with van der Waals surface area (Å²) in [5, 5.41) is 64.2. The van der Waals surface area contributed by atoms with Gasteiger partial charge in [0.2, 0.25) is 0 Å². The van der Waals surface area contributed by atoms with E-state index in [4.69, 9.17) is 33.2 Å². The van der Waals surface area contributed by atoms with E-state index >= 15 is 0 Å². The second-order valence-corrected chi connectivity index (χ2v) is 15.2. The van der Waals surface area contributed by atoms with Crippen LogP contribution in [0, 0.1) is 23.7 Å². The fourth-order valence-electron chi connectivity index (χ4n) is 9.35. The van der Waals surface area contributed by atoms with Crippen molar-refractivity contribution in [2.24, 2.45) is 23.7 Å². The first-order valence-corrected chi connectivity index (χ1v) is 18.1. The molecule has 10 unspecified atom stereocenters. The van der Waals surface area contributed by atoms with Crippen molar-refractivity contribution in [3.63, 3.8) is 0 Å². The molecule has 14 heteroatoms. The summed E-state index contributed by atoms with van der Waals surface area (Å²) in [7, 11) is 3.08. The van der Waals surface area contributed by atoms with E-state index in [0.717, 1.165) is 12.8 Å². The van der Waals surface area contributed by atoms with Crippen molar-refractivity contribution in [2.75, 3.05) is 20.8 Å². The molecule has 0 radical (unpaired) electrons. The zero-order chi connectivity index (χ0) is 35.0. The first kappa shape index (κ1) is 37.5. The molecule has 6 rings (SSSR count). The molecule has 14 nitrogen and oxygen atoms in total. The van der Waals surface area contributed by atoms with Crippen molar-refractivity contribution in [3.05, 3.63) is 12.2 Å². The van der Waals surface area contributed by atoms with E-state index in [9.17, 15) is 35.4 Å². The van der Waals surface area contributed by atoms with Crippen molar-refractivity contribution in [1.29, 1.82) is 0 Å². The van der Waals surface area contributed by atoms with E-state index < -0.39 is 73.3 Å². The van der Waals surface area contributed by atoms with Crippen LogP contribution in [-0.2, 0) is 38.0 Å². The highest BCUT2D eigenvalue weighted by Crippen LogP contribution is 2.51. The van der Waals surface area contributed by atoms with Gasteiger partial charge in [0, 0.05) is 26.2 Å². The smallest absolute Gasteiger partial charge is 0.330 e. The SMILES string of the molecule is COC1CC(C2OC3CC(O)CC4OC(C)CC(C2O[C@@H]2O[C@H](COC(=O)C=CC5CCC(O)CC5)[C@@H](O)[C@H](O)[C@H]2O)C43)CC(OC)C1O. The lowest BCUT2D eigenvalue weighted by Crippen LogP contribution is -2.66. The summed E-state index contributed by atoms with van der Waals surface area (Å²) in [4.78, 5) is 12.6. The molecular formula is C35H56O14. The third kappa shape index (κ3) is 8.21. The number of ether oxygens (including phenoxy) is 7. The molecule has 3 aliphatic carbocycles. The Morgan fingerprint density at radius 3 is 2.06 bits per heavy atom. The van der Waals surface area contributed by atoms with E-state index in [1.54, 1.807) is 20.3 Å². The zero-order valence-electron chi connectivity index (χ0n) is 28.6. The van der Waals surface area contributed by atoms with E-state index in [-0.39, 0.29) is 54.7 Å². The predicted molar refractivity (Wildman–Crippen MR) is 170 cm³/mol. The number of carbonyl (C=O) groups excluding carboxylic acids is 1. The molecule has 3 saturated carbocycles. The van der Waals surface area contributed by atoms with Crippen LogP contribution in [0.4, 0.5) is 0 Å². The van der Waals surface area contributed by atoms with Crippen molar-refractivity contribution < 1.29 is 68.6 Å². The molecule has 0 spiro atoms. The van der Waals surface area contributed by atoms with Gasteiger partial charge < -0.3 is 63.8 Å². The van der Waals surface area contributed by atoms with Gasteiger partial charge in [0.15, 0.2) is 6.29 Å². The lowest BCUT2D eigenvalue weighted by Gasteiger charge is -2.58. The van der Waals surface area contributed by atoms with Crippen LogP contribution in [-0.4, -0.2) is 149 Å². The molecule has 3 aliphatic heterocycles. The summed E-state index contributed by atoms with van der Waals surface area (Å²) in [6.07, 6.45) is -3.65. The van der Waals surface area contributed by atoms with Crippen molar-refractivity contribution >= 4 is 5.97 Å². The molecule has 15 atom stereocenters. The third-order valence-corrected chi connectivity index (χ3v) is 11.9. The molecular weight excluding hydrogens is 644 g/mol. The van der Waals surface area contributed by atoms with Crippen LogP contribution in [0.15, 0.2) is 12.2 Å². The summed E-state index contributed by atoms with van der Waals surface area (Å²) in [5.74, 6) is -0.890. The topological polar surface area (TPSA) is 203 Å². The molecule has 3 saturated heterocycles. The maximum absolute atomic E-state index is 12.6. The highest BCUT2D eigenvalue weighted by atomic mass is 16.7. The molecule has 6 N–H and O–H groups in total. The fraction of sp³-hybridized carbons (Fsp3) is 0.914. The normalized spacial score (nSPS) is 50.5. The van der Waals surface area contributed by atoms with Gasteiger partial charge in [-0.25, -0.2) is 4.79 Å². The number of hydrogen-bond acceptors (Lipinski definition) is 14.